The number of pyridine rings is 1. The molecule has 0 aliphatic carbocycles. The molecule has 0 saturated heterocycles. The van der Waals surface area contributed by atoms with E-state index < -0.39 is 12.2 Å². The Balaban J connectivity index is 2.62. The van der Waals surface area contributed by atoms with Crippen molar-refractivity contribution < 1.29 is 14.3 Å². The first-order valence-electron chi connectivity index (χ1n) is 5.97. The molecule has 0 spiro atoms. The Hall–Kier alpha value is -1.30. The van der Waals surface area contributed by atoms with E-state index >= 15 is 0 Å². The average molecular weight is 331 g/mol. The number of hydrogen-bond donors (Lipinski definition) is 1. The maximum Gasteiger partial charge on any atom is 0.404 e. The average Bonchev–Trinajstić information content (AvgIpc) is 2.24. The lowest BCUT2D eigenvalue weighted by atomic mass is 9.89. The first-order chi connectivity index (χ1) is 8.78. The Morgan fingerprint density at radius 1 is 1.53 bits per heavy atom. The van der Waals surface area contributed by atoms with Gasteiger partial charge < -0.3 is 15.2 Å². The van der Waals surface area contributed by atoms with Crippen LogP contribution in [0.25, 0.3) is 0 Å². The standard InChI is InChI=1S/C13H19BrN2O3/c1-13(2,3)7-9(19-12(15)17)8-18-11-10(14)5-4-6-16-11/h4-6,9H,7-8H2,1-3H3,(H2,15,17). The van der Waals surface area contributed by atoms with Crippen LogP contribution in [0.4, 0.5) is 4.79 Å². The minimum Gasteiger partial charge on any atom is -0.473 e. The fraction of sp³-hybridized carbons (Fsp3) is 0.538. The number of amides is 1. The zero-order chi connectivity index (χ0) is 14.5. The van der Waals surface area contributed by atoms with E-state index in [2.05, 4.69) is 41.7 Å². The number of carbonyl (C=O) groups excluding carboxylic acids is 1. The van der Waals surface area contributed by atoms with Gasteiger partial charge in [-0.3, -0.25) is 0 Å². The molecule has 106 valence electrons. The van der Waals surface area contributed by atoms with Gasteiger partial charge in [-0.15, -0.1) is 0 Å². The summed E-state index contributed by atoms with van der Waals surface area (Å²) in [6.45, 7) is 6.39. The third-order valence-corrected chi connectivity index (χ3v) is 2.86. The molecule has 0 fully saturated rings. The van der Waals surface area contributed by atoms with Crippen molar-refractivity contribution in [3.05, 3.63) is 22.8 Å². The van der Waals surface area contributed by atoms with Crippen molar-refractivity contribution in [3.63, 3.8) is 0 Å². The van der Waals surface area contributed by atoms with Gasteiger partial charge in [0.25, 0.3) is 0 Å². The summed E-state index contributed by atoms with van der Waals surface area (Å²) < 4.78 is 11.4. The summed E-state index contributed by atoms with van der Waals surface area (Å²) in [5.74, 6) is 0.467. The van der Waals surface area contributed by atoms with Gasteiger partial charge in [-0.1, -0.05) is 20.8 Å². The Labute approximate surface area is 121 Å². The quantitative estimate of drug-likeness (QED) is 0.899. The molecule has 2 N–H and O–H groups in total. The van der Waals surface area contributed by atoms with Gasteiger partial charge in [-0.25, -0.2) is 9.78 Å². The molecule has 0 aliphatic rings. The number of hydrogen-bond acceptors (Lipinski definition) is 4. The molecule has 0 bridgehead atoms. The highest BCUT2D eigenvalue weighted by molar-refractivity contribution is 9.10. The molecule has 1 atom stereocenters. The molecule has 6 heteroatoms. The molecule has 0 radical (unpaired) electrons. The summed E-state index contributed by atoms with van der Waals surface area (Å²) in [4.78, 5) is 15.0. The van der Waals surface area contributed by atoms with Crippen LogP contribution >= 0.6 is 15.9 Å². The van der Waals surface area contributed by atoms with Crippen molar-refractivity contribution in [1.82, 2.24) is 4.98 Å². The van der Waals surface area contributed by atoms with Crippen LogP contribution in [0.1, 0.15) is 27.2 Å². The highest BCUT2D eigenvalue weighted by atomic mass is 79.9. The normalized spacial score (nSPS) is 12.8. The third-order valence-electron chi connectivity index (χ3n) is 2.25. The molecule has 19 heavy (non-hydrogen) atoms. The lowest BCUT2D eigenvalue weighted by Crippen LogP contribution is -2.31. The number of primary amides is 1. The van der Waals surface area contributed by atoms with Crippen molar-refractivity contribution in [2.24, 2.45) is 11.1 Å². The second kappa shape index (κ2) is 6.75. The molecule has 5 nitrogen and oxygen atoms in total. The summed E-state index contributed by atoms with van der Waals surface area (Å²) in [5.41, 5.74) is 5.07. The number of carbonyl (C=O) groups is 1. The summed E-state index contributed by atoms with van der Waals surface area (Å²) >= 11 is 3.34. The van der Waals surface area contributed by atoms with Gasteiger partial charge in [0.1, 0.15) is 12.7 Å². The zero-order valence-corrected chi connectivity index (χ0v) is 12.9. The van der Waals surface area contributed by atoms with Crippen LogP contribution in [0.3, 0.4) is 0 Å². The Morgan fingerprint density at radius 2 is 2.21 bits per heavy atom. The van der Waals surface area contributed by atoms with E-state index in [9.17, 15) is 4.79 Å². The van der Waals surface area contributed by atoms with E-state index in [1.807, 2.05) is 6.07 Å². The van der Waals surface area contributed by atoms with Crippen molar-refractivity contribution in [2.75, 3.05) is 6.61 Å². The van der Waals surface area contributed by atoms with Gasteiger partial charge in [0.05, 0.1) is 4.47 Å². The first-order valence-corrected chi connectivity index (χ1v) is 6.76. The first kappa shape index (κ1) is 15.8. The number of nitrogens with zero attached hydrogens (tertiary/aromatic N) is 1. The number of ether oxygens (including phenoxy) is 2. The van der Waals surface area contributed by atoms with E-state index in [1.54, 1.807) is 12.3 Å². The number of nitrogens with two attached hydrogens (primary N) is 1. The highest BCUT2D eigenvalue weighted by Gasteiger charge is 2.22. The van der Waals surface area contributed by atoms with E-state index in [4.69, 9.17) is 15.2 Å². The van der Waals surface area contributed by atoms with Gasteiger partial charge in [0, 0.05) is 6.20 Å². The number of rotatable bonds is 5. The van der Waals surface area contributed by atoms with Crippen molar-refractivity contribution in [3.8, 4) is 5.88 Å². The van der Waals surface area contributed by atoms with Crippen LogP contribution in [-0.2, 0) is 4.74 Å². The molecule has 1 aromatic rings. The molecule has 1 aromatic heterocycles. The van der Waals surface area contributed by atoms with E-state index in [-0.39, 0.29) is 12.0 Å². The van der Waals surface area contributed by atoms with Crippen LogP contribution in [0.15, 0.2) is 22.8 Å². The molecule has 1 unspecified atom stereocenters. The van der Waals surface area contributed by atoms with Gasteiger partial charge in [-0.2, -0.15) is 0 Å². The fourth-order valence-electron chi connectivity index (χ4n) is 1.63. The molecule has 0 aromatic carbocycles. The second-order valence-electron chi connectivity index (χ2n) is 5.43. The minimum atomic E-state index is -0.794. The van der Waals surface area contributed by atoms with Crippen molar-refractivity contribution >= 4 is 22.0 Å². The van der Waals surface area contributed by atoms with E-state index in [0.717, 1.165) is 4.47 Å². The SMILES string of the molecule is CC(C)(C)CC(COc1ncccc1Br)OC(N)=O. The molecule has 1 heterocycles. The molecular weight excluding hydrogens is 312 g/mol. The predicted octanol–water partition coefficient (Wildman–Crippen LogP) is 3.12. The summed E-state index contributed by atoms with van der Waals surface area (Å²) in [7, 11) is 0. The lowest BCUT2D eigenvalue weighted by molar-refractivity contribution is 0.0449. The predicted molar refractivity (Wildman–Crippen MR) is 76.0 cm³/mol. The number of aromatic nitrogens is 1. The molecule has 0 aliphatic heterocycles. The third kappa shape index (κ3) is 6.42. The van der Waals surface area contributed by atoms with Crippen LogP contribution in [0.5, 0.6) is 5.88 Å². The fourth-order valence-corrected chi connectivity index (χ4v) is 2.00. The van der Waals surface area contributed by atoms with Crippen LogP contribution in [0.2, 0.25) is 0 Å². The summed E-state index contributed by atoms with van der Waals surface area (Å²) in [6, 6.07) is 3.62. The van der Waals surface area contributed by atoms with Crippen LogP contribution < -0.4 is 10.5 Å². The van der Waals surface area contributed by atoms with Crippen LogP contribution in [-0.4, -0.2) is 23.8 Å². The monoisotopic (exact) mass is 330 g/mol. The van der Waals surface area contributed by atoms with Crippen LogP contribution in [0, 0.1) is 5.41 Å². The van der Waals surface area contributed by atoms with E-state index in [0.29, 0.717) is 12.3 Å². The van der Waals surface area contributed by atoms with Gasteiger partial charge >= 0.3 is 6.09 Å². The molecule has 1 amide bonds. The zero-order valence-electron chi connectivity index (χ0n) is 11.4. The molecule has 1 rings (SSSR count). The van der Waals surface area contributed by atoms with Crippen molar-refractivity contribution in [1.29, 1.82) is 0 Å². The number of halogens is 1. The Kier molecular flexibility index (Phi) is 5.60. The van der Waals surface area contributed by atoms with Gasteiger partial charge in [-0.05, 0) is 39.9 Å². The lowest BCUT2D eigenvalue weighted by Gasteiger charge is -2.25. The second-order valence-corrected chi connectivity index (χ2v) is 6.28. The van der Waals surface area contributed by atoms with E-state index in [1.165, 1.54) is 0 Å². The largest absolute Gasteiger partial charge is 0.473 e. The molecular formula is C13H19BrN2O3. The molecule has 0 saturated carbocycles. The Morgan fingerprint density at radius 3 is 2.74 bits per heavy atom. The van der Waals surface area contributed by atoms with Gasteiger partial charge in [0.2, 0.25) is 5.88 Å². The highest BCUT2D eigenvalue weighted by Crippen LogP contribution is 2.25. The maximum absolute atomic E-state index is 10.9. The van der Waals surface area contributed by atoms with Gasteiger partial charge in [0.15, 0.2) is 0 Å². The summed E-state index contributed by atoms with van der Waals surface area (Å²) in [5, 5.41) is 0. The Bertz CT molecular complexity index is 432. The minimum absolute atomic E-state index is 0.00479. The van der Waals surface area contributed by atoms with Crippen molar-refractivity contribution in [2.45, 2.75) is 33.3 Å². The smallest absolute Gasteiger partial charge is 0.404 e. The maximum atomic E-state index is 10.9. The summed E-state index contributed by atoms with van der Waals surface area (Å²) in [6.07, 6.45) is 1.10. The topological polar surface area (TPSA) is 74.4 Å².